The maximum absolute atomic E-state index is 11.3. The van der Waals surface area contributed by atoms with Crippen molar-refractivity contribution in [2.75, 3.05) is 0 Å². The molecule has 0 aliphatic heterocycles. The molecule has 0 atom stereocenters. The fourth-order valence-electron chi connectivity index (χ4n) is 0.0292. The van der Waals surface area contributed by atoms with Gasteiger partial charge in [0.15, 0.2) is 0 Å². The summed E-state index contributed by atoms with van der Waals surface area (Å²) in [6.07, 6.45) is -2.28. The summed E-state index contributed by atoms with van der Waals surface area (Å²) in [6, 6.07) is 0. The van der Waals surface area contributed by atoms with Gasteiger partial charge in [0.2, 0.25) is 0 Å². The third-order valence-corrected chi connectivity index (χ3v) is 1.95. The van der Waals surface area contributed by atoms with E-state index in [1.54, 1.807) is 0 Å². The van der Waals surface area contributed by atoms with Crippen LogP contribution >= 0.6 is 29.0 Å². The van der Waals surface area contributed by atoms with Crippen molar-refractivity contribution in [3.05, 3.63) is 9.91 Å². The van der Waals surface area contributed by atoms with Crippen molar-refractivity contribution in [3.8, 4) is 0 Å². The van der Waals surface area contributed by atoms with Gasteiger partial charge < -0.3 is 0 Å². The van der Waals surface area contributed by atoms with E-state index in [9.17, 15) is 13.2 Å². The second-order valence-corrected chi connectivity index (χ2v) is 3.11. The molecule has 44 valence electrons. The molecule has 0 aromatic heterocycles. The van der Waals surface area contributed by atoms with Gasteiger partial charge in [-0.1, -0.05) is 0 Å². The summed E-state index contributed by atoms with van der Waals surface area (Å²) in [7, 11) is 4.76. The fourth-order valence-corrected chi connectivity index (χ4v) is 0.587. The summed E-state index contributed by atoms with van der Waals surface area (Å²) in [5.74, 6) is 0. The van der Waals surface area contributed by atoms with Gasteiger partial charge in [0.25, 0.3) is 0 Å². The Bertz CT molecular complexity index is 86.9. The summed E-state index contributed by atoms with van der Waals surface area (Å²) >= 11 is -1.71. The van der Waals surface area contributed by atoms with Crippen molar-refractivity contribution >= 4 is 29.0 Å². The van der Waals surface area contributed by atoms with Crippen LogP contribution in [-0.2, 0) is 0 Å². The van der Waals surface area contributed by atoms with Gasteiger partial charge in [0.05, 0.1) is 0 Å². The second-order valence-electron chi connectivity index (χ2n) is 0.611. The molecule has 0 aliphatic carbocycles. The van der Waals surface area contributed by atoms with Crippen LogP contribution in [0.3, 0.4) is 0 Å². The monoisotopic (exact) mass is 244 g/mol. The van der Waals surface area contributed by atoms with Crippen LogP contribution in [0.15, 0.2) is 9.91 Å². The van der Waals surface area contributed by atoms with Gasteiger partial charge in [-0.2, -0.15) is 0 Å². The van der Waals surface area contributed by atoms with Gasteiger partial charge in [-0.25, -0.2) is 0 Å². The Labute approximate surface area is 52.3 Å². The SMILES string of the molecule is FC(F)=C(F)[IH]Cl. The van der Waals surface area contributed by atoms with Crippen LogP contribution in [0, 0.1) is 0 Å². The number of halogens is 5. The van der Waals surface area contributed by atoms with E-state index in [0.717, 1.165) is 0 Å². The summed E-state index contributed by atoms with van der Waals surface area (Å²) in [5.41, 5.74) is 0. The molecule has 0 heterocycles. The standard InChI is InChI=1S/C2HClF3I/c3-7-2(6)1(4)5/h7H. The van der Waals surface area contributed by atoms with Gasteiger partial charge in [0, 0.05) is 0 Å². The maximum atomic E-state index is 11.3. The Morgan fingerprint density at radius 2 is 1.71 bits per heavy atom. The average Bonchev–Trinajstić information content (AvgIpc) is 1.65. The van der Waals surface area contributed by atoms with Crippen molar-refractivity contribution in [1.29, 1.82) is 0 Å². The molecule has 0 amide bonds. The third-order valence-electron chi connectivity index (χ3n) is 0.216. The van der Waals surface area contributed by atoms with Gasteiger partial charge >= 0.3 is 52.1 Å². The Morgan fingerprint density at radius 3 is 1.71 bits per heavy atom. The Kier molecular flexibility index (Phi) is 3.82. The first kappa shape index (κ1) is 7.55. The first-order valence-corrected chi connectivity index (χ1v) is 5.29. The Morgan fingerprint density at radius 1 is 1.29 bits per heavy atom. The molecule has 0 aromatic rings. The van der Waals surface area contributed by atoms with E-state index >= 15 is 0 Å². The number of rotatable bonds is 1. The van der Waals surface area contributed by atoms with Crippen LogP contribution in [0.5, 0.6) is 0 Å². The van der Waals surface area contributed by atoms with Gasteiger partial charge in [-0.3, -0.25) is 0 Å². The second kappa shape index (κ2) is 3.54. The molecule has 0 nitrogen and oxygen atoms in total. The average molecular weight is 244 g/mol. The molecule has 7 heavy (non-hydrogen) atoms. The first-order valence-electron chi connectivity index (χ1n) is 1.18. The Balaban J connectivity index is 3.72. The molecule has 0 radical (unpaired) electrons. The van der Waals surface area contributed by atoms with Crippen molar-refractivity contribution < 1.29 is 13.2 Å². The van der Waals surface area contributed by atoms with Crippen LogP contribution in [0.4, 0.5) is 13.2 Å². The third kappa shape index (κ3) is 3.16. The van der Waals surface area contributed by atoms with E-state index in [-0.39, 0.29) is 0 Å². The van der Waals surface area contributed by atoms with Crippen LogP contribution in [0.25, 0.3) is 0 Å². The molecule has 0 saturated heterocycles. The van der Waals surface area contributed by atoms with E-state index in [4.69, 9.17) is 8.91 Å². The molecular formula is C2HClF3I. The zero-order chi connectivity index (χ0) is 5.86. The number of hydrogen-bond acceptors (Lipinski definition) is 0. The van der Waals surface area contributed by atoms with Crippen LogP contribution in [0.2, 0.25) is 0 Å². The zero-order valence-electron chi connectivity index (χ0n) is 2.92. The normalized spacial score (nSPS) is 9.14. The fraction of sp³-hybridized carbons (Fsp3) is 0. The predicted molar refractivity (Wildman–Crippen MR) is 31.6 cm³/mol. The van der Waals surface area contributed by atoms with Crippen molar-refractivity contribution in [3.63, 3.8) is 0 Å². The summed E-state index contributed by atoms with van der Waals surface area (Å²) in [5, 5.41) is 0. The molecular weight excluding hydrogens is 243 g/mol. The van der Waals surface area contributed by atoms with Gasteiger partial charge in [0.1, 0.15) is 0 Å². The van der Waals surface area contributed by atoms with Gasteiger partial charge in [-0.05, 0) is 0 Å². The molecule has 0 saturated carbocycles. The first-order chi connectivity index (χ1) is 3.18. The topological polar surface area (TPSA) is 0 Å². The van der Waals surface area contributed by atoms with Crippen molar-refractivity contribution in [2.24, 2.45) is 0 Å². The molecule has 0 aliphatic rings. The van der Waals surface area contributed by atoms with Gasteiger partial charge in [-0.15, -0.1) is 0 Å². The molecule has 0 bridgehead atoms. The van der Waals surface area contributed by atoms with E-state index in [2.05, 4.69) is 0 Å². The minimum atomic E-state index is -2.28. The summed E-state index contributed by atoms with van der Waals surface area (Å²) in [4.78, 5) is 0. The summed E-state index contributed by atoms with van der Waals surface area (Å²) in [6.45, 7) is 0. The molecule has 0 spiro atoms. The molecule has 0 unspecified atom stereocenters. The molecule has 0 rings (SSSR count). The molecule has 5 heteroatoms. The predicted octanol–water partition coefficient (Wildman–Crippen LogP) is 2.88. The summed E-state index contributed by atoms with van der Waals surface area (Å²) < 4.78 is 31.6. The molecule has 0 N–H and O–H groups in total. The molecule has 0 fully saturated rings. The van der Waals surface area contributed by atoms with Crippen molar-refractivity contribution in [1.82, 2.24) is 0 Å². The van der Waals surface area contributed by atoms with Crippen LogP contribution in [-0.4, -0.2) is 0 Å². The number of hydrogen-bond donors (Lipinski definition) is 0. The van der Waals surface area contributed by atoms with E-state index < -0.39 is 30.0 Å². The zero-order valence-corrected chi connectivity index (χ0v) is 6.01. The van der Waals surface area contributed by atoms with Crippen LogP contribution < -0.4 is 0 Å². The van der Waals surface area contributed by atoms with E-state index in [0.29, 0.717) is 0 Å². The minimum absolute atomic E-state index is 1.42. The van der Waals surface area contributed by atoms with Crippen molar-refractivity contribution in [2.45, 2.75) is 0 Å². The Hall–Kier alpha value is 0.550. The van der Waals surface area contributed by atoms with E-state index in [1.807, 2.05) is 0 Å². The van der Waals surface area contributed by atoms with Crippen LogP contribution in [0.1, 0.15) is 0 Å². The molecule has 0 aromatic carbocycles. The quantitative estimate of drug-likeness (QED) is 0.622. The van der Waals surface area contributed by atoms with E-state index in [1.165, 1.54) is 0 Å².